The Hall–Kier alpha value is -0.500. The maximum Gasteiger partial charge on any atom is 0.286 e. The van der Waals surface area contributed by atoms with Crippen LogP contribution in [0.5, 0.6) is 0 Å². The van der Waals surface area contributed by atoms with Gasteiger partial charge < -0.3 is 25.4 Å². The van der Waals surface area contributed by atoms with Crippen LogP contribution in [-0.4, -0.2) is 63.9 Å². The van der Waals surface area contributed by atoms with Gasteiger partial charge in [-0.15, -0.1) is 11.8 Å². The average Bonchev–Trinajstić information content (AvgIpc) is 2.66. The maximum absolute atomic E-state index is 9.79. The second kappa shape index (κ2) is 4.17. The van der Waals surface area contributed by atoms with Crippen LogP contribution in [0.25, 0.3) is 0 Å². The fourth-order valence-electron chi connectivity index (χ4n) is 1.74. The number of amidine groups is 1. The molecule has 15 heavy (non-hydrogen) atoms. The summed E-state index contributed by atoms with van der Waals surface area (Å²) in [4.78, 5) is 3.84. The molecular weight excluding hydrogens is 220 g/mol. The first-order valence-electron chi connectivity index (χ1n) is 4.69. The first-order chi connectivity index (χ1) is 7.17. The van der Waals surface area contributed by atoms with Gasteiger partial charge in [0.1, 0.15) is 12.1 Å². The van der Waals surface area contributed by atoms with Crippen LogP contribution in [0.2, 0.25) is 0 Å². The quantitative estimate of drug-likeness (QED) is 0.424. The molecule has 0 radical (unpaired) electrons. The monoisotopic (exact) mass is 234 g/mol. The smallest absolute Gasteiger partial charge is 0.286 e. The molecule has 2 rings (SSSR count). The molecular formula is C8H14N2O4S. The molecule has 2 fully saturated rings. The van der Waals surface area contributed by atoms with Crippen LogP contribution in [0.15, 0.2) is 4.99 Å². The lowest BCUT2D eigenvalue weighted by Gasteiger charge is -2.36. The fraction of sp³-hybridized carbons (Fsp3) is 0.875. The van der Waals surface area contributed by atoms with Gasteiger partial charge >= 0.3 is 0 Å². The highest BCUT2D eigenvalue weighted by Crippen LogP contribution is 2.35. The Morgan fingerprint density at radius 3 is 2.80 bits per heavy atom. The van der Waals surface area contributed by atoms with Crippen molar-refractivity contribution in [3.63, 3.8) is 0 Å². The van der Waals surface area contributed by atoms with E-state index in [1.807, 2.05) is 0 Å². The largest absolute Gasteiger partial charge is 0.449 e. The molecule has 0 aromatic carbocycles. The molecule has 5 atom stereocenters. The molecule has 0 saturated carbocycles. The number of hydrogen-bond donors (Lipinski definition) is 4. The van der Waals surface area contributed by atoms with E-state index in [0.29, 0.717) is 6.02 Å². The van der Waals surface area contributed by atoms with Crippen LogP contribution >= 0.6 is 11.8 Å². The molecule has 0 aliphatic carbocycles. The number of thioether (sulfide) groups is 1. The molecule has 0 aromatic rings. The Kier molecular flexibility index (Phi) is 3.06. The lowest BCUT2D eigenvalue weighted by Crippen LogP contribution is -2.56. The highest BCUT2D eigenvalue weighted by molar-refractivity contribution is 8.00. The standard InChI is InChI=1S/C8H14N2O4S/c1-9-8-10-4-6(13)5(12)3(2-11)15-7(4)14-8/h3-7,11-13H,2H2,1H3,(H,9,10). The van der Waals surface area contributed by atoms with Crippen LogP contribution in [-0.2, 0) is 4.74 Å². The zero-order valence-electron chi connectivity index (χ0n) is 8.20. The second-order valence-electron chi connectivity index (χ2n) is 3.52. The van der Waals surface area contributed by atoms with E-state index in [4.69, 9.17) is 9.84 Å². The number of nitrogens with one attached hydrogen (secondary N) is 1. The zero-order valence-corrected chi connectivity index (χ0v) is 9.02. The topological polar surface area (TPSA) is 94.3 Å². The number of nitrogens with zero attached hydrogens (tertiary/aromatic N) is 1. The van der Waals surface area contributed by atoms with Crippen LogP contribution < -0.4 is 5.32 Å². The van der Waals surface area contributed by atoms with Crippen molar-refractivity contribution in [3.05, 3.63) is 0 Å². The molecule has 2 heterocycles. The highest BCUT2D eigenvalue weighted by atomic mass is 32.2. The van der Waals surface area contributed by atoms with Crippen molar-refractivity contribution in [1.82, 2.24) is 5.32 Å². The van der Waals surface area contributed by atoms with Crippen molar-refractivity contribution in [3.8, 4) is 0 Å². The van der Waals surface area contributed by atoms with Crippen molar-refractivity contribution >= 4 is 17.8 Å². The van der Waals surface area contributed by atoms with E-state index in [9.17, 15) is 10.2 Å². The number of fused-ring (bicyclic) bond motifs is 1. The third-order valence-corrected chi connectivity index (χ3v) is 4.04. The normalized spacial score (nSPS) is 47.2. The Morgan fingerprint density at radius 1 is 1.47 bits per heavy atom. The molecule has 0 spiro atoms. The fourth-order valence-corrected chi connectivity index (χ4v) is 3.04. The lowest BCUT2D eigenvalue weighted by atomic mass is 10.0. The molecule has 0 amide bonds. The summed E-state index contributed by atoms with van der Waals surface area (Å²) in [7, 11) is 1.58. The van der Waals surface area contributed by atoms with Gasteiger partial charge in [-0.3, -0.25) is 0 Å². The third kappa shape index (κ3) is 1.80. The van der Waals surface area contributed by atoms with Gasteiger partial charge in [0.05, 0.1) is 18.0 Å². The summed E-state index contributed by atoms with van der Waals surface area (Å²) in [5.74, 6) is 0. The summed E-state index contributed by atoms with van der Waals surface area (Å²) in [6.45, 7) is -0.186. The minimum atomic E-state index is -0.951. The molecule has 2 aliphatic heterocycles. The SMILES string of the molecule is CN=C1NC2C(O1)SC(CO)C(O)C2O. The summed E-state index contributed by atoms with van der Waals surface area (Å²) in [5.41, 5.74) is -0.306. The van der Waals surface area contributed by atoms with E-state index in [2.05, 4.69) is 10.3 Å². The van der Waals surface area contributed by atoms with Gasteiger partial charge in [0.25, 0.3) is 6.02 Å². The summed E-state index contributed by atoms with van der Waals surface area (Å²) < 4.78 is 5.38. The zero-order chi connectivity index (χ0) is 11.0. The van der Waals surface area contributed by atoms with Gasteiger partial charge in [0, 0.05) is 7.05 Å². The van der Waals surface area contributed by atoms with Crippen LogP contribution in [0, 0.1) is 0 Å². The van der Waals surface area contributed by atoms with Gasteiger partial charge in [-0.2, -0.15) is 0 Å². The molecule has 2 saturated heterocycles. The molecule has 0 aromatic heterocycles. The van der Waals surface area contributed by atoms with Crippen LogP contribution in [0.4, 0.5) is 0 Å². The molecule has 6 nitrogen and oxygen atoms in total. The van der Waals surface area contributed by atoms with Crippen molar-refractivity contribution in [2.75, 3.05) is 13.7 Å². The minimum Gasteiger partial charge on any atom is -0.449 e. The van der Waals surface area contributed by atoms with Crippen molar-refractivity contribution in [1.29, 1.82) is 0 Å². The average molecular weight is 234 g/mol. The number of hydrogen-bond acceptors (Lipinski definition) is 6. The Bertz CT molecular complexity index is 275. The van der Waals surface area contributed by atoms with E-state index in [-0.39, 0.29) is 18.1 Å². The third-order valence-electron chi connectivity index (χ3n) is 2.60. The van der Waals surface area contributed by atoms with Crippen LogP contribution in [0.1, 0.15) is 0 Å². The summed E-state index contributed by atoms with van der Waals surface area (Å²) in [6.07, 6.45) is -1.90. The molecule has 7 heteroatoms. The Labute approximate surface area is 91.3 Å². The Balaban J connectivity index is 2.13. The van der Waals surface area contributed by atoms with E-state index in [1.54, 1.807) is 7.05 Å². The number of aliphatic hydroxyl groups excluding tert-OH is 3. The Morgan fingerprint density at radius 2 is 2.20 bits per heavy atom. The van der Waals surface area contributed by atoms with Gasteiger partial charge in [-0.1, -0.05) is 0 Å². The van der Waals surface area contributed by atoms with Crippen molar-refractivity contribution < 1.29 is 20.1 Å². The summed E-state index contributed by atoms with van der Waals surface area (Å²) >= 11 is 1.31. The van der Waals surface area contributed by atoms with Crippen molar-refractivity contribution in [2.45, 2.75) is 28.9 Å². The molecule has 2 aliphatic rings. The van der Waals surface area contributed by atoms with Gasteiger partial charge in [0.15, 0.2) is 5.44 Å². The van der Waals surface area contributed by atoms with E-state index in [0.717, 1.165) is 0 Å². The van der Waals surface area contributed by atoms with Crippen molar-refractivity contribution in [2.24, 2.45) is 4.99 Å². The molecule has 4 N–H and O–H groups in total. The second-order valence-corrected chi connectivity index (χ2v) is 4.87. The number of rotatable bonds is 1. The number of aliphatic imine (C=N–C) groups is 1. The molecule has 5 unspecified atom stereocenters. The lowest BCUT2D eigenvalue weighted by molar-refractivity contribution is -0.0206. The van der Waals surface area contributed by atoms with Crippen LogP contribution in [0.3, 0.4) is 0 Å². The predicted octanol–water partition coefficient (Wildman–Crippen LogP) is -1.88. The maximum atomic E-state index is 9.79. The minimum absolute atomic E-state index is 0.186. The highest BCUT2D eigenvalue weighted by Gasteiger charge is 2.49. The first kappa shape index (κ1) is 11.0. The van der Waals surface area contributed by atoms with Gasteiger partial charge in [-0.05, 0) is 0 Å². The molecule has 86 valence electrons. The molecule has 0 bridgehead atoms. The predicted molar refractivity (Wildman–Crippen MR) is 55.6 cm³/mol. The first-order valence-corrected chi connectivity index (χ1v) is 5.64. The number of aliphatic hydroxyl groups is 3. The van der Waals surface area contributed by atoms with E-state index < -0.39 is 17.5 Å². The summed E-state index contributed by atoms with van der Waals surface area (Å²) in [5, 5.41) is 31.0. The van der Waals surface area contributed by atoms with E-state index in [1.165, 1.54) is 11.8 Å². The van der Waals surface area contributed by atoms with Gasteiger partial charge in [-0.25, -0.2) is 4.99 Å². The van der Waals surface area contributed by atoms with E-state index >= 15 is 0 Å². The summed E-state index contributed by atoms with van der Waals surface area (Å²) in [6, 6.07) is -0.00570. The van der Waals surface area contributed by atoms with Gasteiger partial charge in [0.2, 0.25) is 0 Å². The number of ether oxygens (including phenoxy) is 1.